The van der Waals surface area contributed by atoms with Gasteiger partial charge in [0.15, 0.2) is 0 Å². The third-order valence-corrected chi connectivity index (χ3v) is 5.31. The van der Waals surface area contributed by atoms with Crippen LogP contribution < -0.4 is 0 Å². The molecule has 0 aliphatic carbocycles. The molecule has 0 saturated heterocycles. The number of aliphatic carboxylic acids is 1. The van der Waals surface area contributed by atoms with Crippen molar-refractivity contribution in [2.75, 3.05) is 13.2 Å². The minimum Gasteiger partial charge on any atom is -0.481 e. The highest BCUT2D eigenvalue weighted by atomic mass is 16.6. The number of benzene rings is 1. The van der Waals surface area contributed by atoms with Crippen molar-refractivity contribution in [3.8, 4) is 0 Å². The molecule has 1 unspecified atom stereocenters. The maximum atomic E-state index is 12.2. The zero-order valence-corrected chi connectivity index (χ0v) is 17.2. The molecular formula is C20H29BO6. The van der Waals surface area contributed by atoms with E-state index in [2.05, 4.69) is 0 Å². The number of esters is 2. The summed E-state index contributed by atoms with van der Waals surface area (Å²) in [6.45, 7) is 10.8. The topological polar surface area (TPSA) is 89.9 Å². The molecule has 0 aliphatic rings. The highest BCUT2D eigenvalue weighted by molar-refractivity contribution is 6.27. The zero-order chi connectivity index (χ0) is 21.0. The third-order valence-electron chi connectivity index (χ3n) is 5.31. The number of hydrogen-bond donors (Lipinski definition) is 1. The zero-order valence-electron chi connectivity index (χ0n) is 17.2. The number of rotatable bonds is 7. The van der Waals surface area contributed by atoms with E-state index >= 15 is 0 Å². The third kappa shape index (κ3) is 5.34. The van der Waals surface area contributed by atoms with Gasteiger partial charge in [0.25, 0.3) is 0 Å². The largest absolute Gasteiger partial charge is 0.481 e. The van der Waals surface area contributed by atoms with Crippen molar-refractivity contribution in [3.63, 3.8) is 0 Å². The van der Waals surface area contributed by atoms with Gasteiger partial charge in [-0.1, -0.05) is 39.8 Å². The molecule has 0 aromatic heterocycles. The van der Waals surface area contributed by atoms with Gasteiger partial charge in [0.05, 0.1) is 11.0 Å². The smallest absolute Gasteiger partial charge is 0.338 e. The summed E-state index contributed by atoms with van der Waals surface area (Å²) < 4.78 is 10.3. The SMILES string of the molecule is BC(C)(C(=O)OCCOC(=O)c1ccc(C(C)(C)C(=O)O)cc1)C(C)(C)C. The molecule has 0 amide bonds. The summed E-state index contributed by atoms with van der Waals surface area (Å²) in [6.07, 6.45) is 0. The van der Waals surface area contributed by atoms with Crippen LogP contribution in [-0.2, 0) is 24.5 Å². The molecule has 0 bridgehead atoms. The molecule has 0 heterocycles. The standard InChI is InChI=1S/C20H29BO6/c1-18(2,3)20(6,21)17(25)27-12-11-26-15(22)13-7-9-14(10-8-13)19(4,5)16(23)24/h7-10H,11-12,21H2,1-6H3,(H,23,24). The van der Waals surface area contributed by atoms with Crippen LogP contribution in [0.15, 0.2) is 24.3 Å². The second-order valence-electron chi connectivity index (χ2n) is 8.65. The van der Waals surface area contributed by atoms with E-state index < -0.39 is 22.7 Å². The predicted octanol–water partition coefficient (Wildman–Crippen LogP) is 2.61. The second-order valence-corrected chi connectivity index (χ2v) is 8.65. The van der Waals surface area contributed by atoms with Crippen molar-refractivity contribution in [1.82, 2.24) is 0 Å². The molecule has 0 aliphatic heterocycles. The Hall–Kier alpha value is -2.31. The van der Waals surface area contributed by atoms with Crippen LogP contribution in [0.2, 0.25) is 5.31 Å². The molecule has 0 saturated carbocycles. The molecule has 1 aromatic carbocycles. The Labute approximate surface area is 161 Å². The van der Waals surface area contributed by atoms with Gasteiger partial charge in [0, 0.05) is 5.31 Å². The lowest BCUT2D eigenvalue weighted by atomic mass is 9.55. The van der Waals surface area contributed by atoms with E-state index in [-0.39, 0.29) is 24.6 Å². The van der Waals surface area contributed by atoms with Crippen LogP contribution in [-0.4, -0.2) is 44.1 Å². The van der Waals surface area contributed by atoms with E-state index in [1.54, 1.807) is 26.0 Å². The van der Waals surface area contributed by atoms with Gasteiger partial charge in [-0.15, -0.1) is 0 Å². The summed E-state index contributed by atoms with van der Waals surface area (Å²) in [5.41, 5.74) is -0.408. The van der Waals surface area contributed by atoms with Crippen LogP contribution in [0.4, 0.5) is 0 Å². The Morgan fingerprint density at radius 2 is 1.41 bits per heavy atom. The molecule has 7 heteroatoms. The maximum absolute atomic E-state index is 12.2. The second kappa shape index (κ2) is 8.15. The minimum atomic E-state index is -1.05. The summed E-state index contributed by atoms with van der Waals surface area (Å²) in [6, 6.07) is 6.24. The van der Waals surface area contributed by atoms with Gasteiger partial charge in [-0.05, 0) is 37.0 Å². The number of carbonyl (C=O) groups is 3. The number of hydrogen-bond acceptors (Lipinski definition) is 5. The lowest BCUT2D eigenvalue weighted by molar-refractivity contribution is -0.151. The van der Waals surface area contributed by atoms with Crippen molar-refractivity contribution < 1.29 is 29.0 Å². The molecule has 148 valence electrons. The first-order valence-electron chi connectivity index (χ1n) is 8.89. The normalized spacial score (nSPS) is 14.1. The van der Waals surface area contributed by atoms with Crippen LogP contribution in [0, 0.1) is 5.41 Å². The van der Waals surface area contributed by atoms with Gasteiger partial charge < -0.3 is 14.6 Å². The summed E-state index contributed by atoms with van der Waals surface area (Å²) >= 11 is 0. The van der Waals surface area contributed by atoms with E-state index in [1.807, 2.05) is 35.5 Å². The fraction of sp³-hybridized carbons (Fsp3) is 0.550. The van der Waals surface area contributed by atoms with E-state index in [9.17, 15) is 19.5 Å². The molecule has 1 aromatic rings. The van der Waals surface area contributed by atoms with Crippen molar-refractivity contribution in [1.29, 1.82) is 0 Å². The number of carbonyl (C=O) groups excluding carboxylic acids is 2. The fourth-order valence-electron chi connectivity index (χ4n) is 1.99. The number of carboxylic acid groups (broad SMARTS) is 1. The summed E-state index contributed by atoms with van der Waals surface area (Å²) in [7, 11) is 1.82. The Morgan fingerprint density at radius 3 is 1.85 bits per heavy atom. The highest BCUT2D eigenvalue weighted by Crippen LogP contribution is 2.42. The van der Waals surface area contributed by atoms with Crippen LogP contribution in [0.5, 0.6) is 0 Å². The van der Waals surface area contributed by atoms with Gasteiger partial charge in [-0.25, -0.2) is 4.79 Å². The van der Waals surface area contributed by atoms with Crippen LogP contribution >= 0.6 is 0 Å². The summed E-state index contributed by atoms with van der Waals surface area (Å²) in [4.78, 5) is 35.5. The van der Waals surface area contributed by atoms with E-state index in [0.717, 1.165) is 0 Å². The van der Waals surface area contributed by atoms with E-state index in [0.29, 0.717) is 11.1 Å². The Morgan fingerprint density at radius 1 is 0.926 bits per heavy atom. The van der Waals surface area contributed by atoms with Gasteiger partial charge in [0.2, 0.25) is 0 Å². The molecule has 0 fully saturated rings. The minimum absolute atomic E-state index is 0.0196. The van der Waals surface area contributed by atoms with Crippen molar-refractivity contribution in [2.45, 2.75) is 52.3 Å². The fourth-order valence-corrected chi connectivity index (χ4v) is 1.99. The maximum Gasteiger partial charge on any atom is 0.338 e. The lowest BCUT2D eigenvalue weighted by Crippen LogP contribution is -2.36. The number of carboxylic acids is 1. The average Bonchev–Trinajstić information content (AvgIpc) is 2.57. The monoisotopic (exact) mass is 376 g/mol. The predicted molar refractivity (Wildman–Crippen MR) is 105 cm³/mol. The van der Waals surface area contributed by atoms with E-state index in [1.165, 1.54) is 12.1 Å². The van der Waals surface area contributed by atoms with Crippen molar-refractivity contribution in [3.05, 3.63) is 35.4 Å². The highest BCUT2D eigenvalue weighted by Gasteiger charge is 2.40. The quantitative estimate of drug-likeness (QED) is 0.447. The molecule has 1 atom stereocenters. The number of ether oxygens (including phenoxy) is 2. The lowest BCUT2D eigenvalue weighted by Gasteiger charge is -2.36. The van der Waals surface area contributed by atoms with Gasteiger partial charge >= 0.3 is 17.9 Å². The first kappa shape index (κ1) is 22.7. The molecule has 0 spiro atoms. The molecule has 6 nitrogen and oxygen atoms in total. The Kier molecular flexibility index (Phi) is 6.86. The van der Waals surface area contributed by atoms with Crippen molar-refractivity contribution in [2.24, 2.45) is 5.41 Å². The van der Waals surface area contributed by atoms with Crippen molar-refractivity contribution >= 4 is 25.8 Å². The summed E-state index contributed by atoms with van der Waals surface area (Å²) in [5.74, 6) is -1.84. The molecule has 1 N–H and O–H groups in total. The van der Waals surface area contributed by atoms with E-state index in [4.69, 9.17) is 9.47 Å². The molecular weight excluding hydrogens is 347 g/mol. The molecule has 27 heavy (non-hydrogen) atoms. The molecule has 1 rings (SSSR count). The van der Waals surface area contributed by atoms with Crippen LogP contribution in [0.25, 0.3) is 0 Å². The first-order valence-corrected chi connectivity index (χ1v) is 8.89. The summed E-state index contributed by atoms with van der Waals surface area (Å²) in [5, 5.41) is 8.57. The Bertz CT molecular complexity index is 698. The molecule has 0 radical (unpaired) electrons. The van der Waals surface area contributed by atoms with Gasteiger partial charge in [-0.2, -0.15) is 0 Å². The van der Waals surface area contributed by atoms with Crippen LogP contribution in [0.1, 0.15) is 57.5 Å². The van der Waals surface area contributed by atoms with Gasteiger partial charge in [-0.3, -0.25) is 9.59 Å². The average molecular weight is 376 g/mol. The van der Waals surface area contributed by atoms with Crippen LogP contribution in [0.3, 0.4) is 0 Å². The Balaban J connectivity index is 2.57. The first-order chi connectivity index (χ1) is 12.2. The van der Waals surface area contributed by atoms with Gasteiger partial charge in [0.1, 0.15) is 21.1 Å².